The predicted octanol–water partition coefficient (Wildman–Crippen LogP) is 3.57. The Kier molecular flexibility index (Phi) is 5.43. The van der Waals surface area contributed by atoms with Crippen molar-refractivity contribution in [3.63, 3.8) is 0 Å². The van der Waals surface area contributed by atoms with Gasteiger partial charge in [0.15, 0.2) is 0 Å². The average Bonchev–Trinajstić information content (AvgIpc) is 2.77. The molecule has 114 valence electrons. The van der Waals surface area contributed by atoms with Gasteiger partial charge in [-0.25, -0.2) is 0 Å². The molecule has 0 aliphatic rings. The minimum Gasteiger partial charge on any atom is -0.392 e. The van der Waals surface area contributed by atoms with Crippen LogP contribution in [0, 0.1) is 6.92 Å². The van der Waals surface area contributed by atoms with Crippen LogP contribution in [-0.4, -0.2) is 21.0 Å². The fourth-order valence-corrected chi connectivity index (χ4v) is 2.85. The van der Waals surface area contributed by atoms with Crippen molar-refractivity contribution in [2.24, 2.45) is 0 Å². The zero-order chi connectivity index (χ0) is 15.4. The lowest BCUT2D eigenvalue weighted by Gasteiger charge is -2.12. The molecule has 0 fully saturated rings. The highest BCUT2D eigenvalue weighted by atomic mass is 35.5. The molecule has 1 heterocycles. The first kappa shape index (κ1) is 16.1. The molecule has 3 nitrogen and oxygen atoms in total. The molecule has 0 saturated carbocycles. The van der Waals surface area contributed by atoms with E-state index in [-0.39, 0.29) is 0 Å². The van der Waals surface area contributed by atoms with E-state index in [0.717, 1.165) is 29.9 Å². The number of aryl methyl sites for hydroxylation is 3. The zero-order valence-electron chi connectivity index (χ0n) is 12.9. The molecule has 0 radical (unpaired) electrons. The zero-order valence-corrected chi connectivity index (χ0v) is 13.7. The molecule has 0 amide bonds. The fourth-order valence-electron chi connectivity index (χ4n) is 2.50. The van der Waals surface area contributed by atoms with Gasteiger partial charge < -0.3 is 5.11 Å². The number of nitrogens with zero attached hydrogens (tertiary/aromatic N) is 2. The topological polar surface area (TPSA) is 38.0 Å². The Labute approximate surface area is 131 Å². The molecule has 4 heteroatoms. The average molecular weight is 307 g/mol. The Hall–Kier alpha value is -1.32. The van der Waals surface area contributed by atoms with Gasteiger partial charge in [-0.3, -0.25) is 4.68 Å². The van der Waals surface area contributed by atoms with Crippen LogP contribution in [0.4, 0.5) is 0 Å². The summed E-state index contributed by atoms with van der Waals surface area (Å²) in [6.07, 6.45) is 1.53. The lowest BCUT2D eigenvalue weighted by Crippen LogP contribution is -2.17. The van der Waals surface area contributed by atoms with Crippen molar-refractivity contribution in [3.8, 4) is 0 Å². The summed E-state index contributed by atoms with van der Waals surface area (Å²) >= 11 is 6.38. The summed E-state index contributed by atoms with van der Waals surface area (Å²) in [7, 11) is 0. The Morgan fingerprint density at radius 3 is 2.43 bits per heavy atom. The molecule has 0 saturated heterocycles. The highest BCUT2D eigenvalue weighted by molar-refractivity contribution is 6.31. The third kappa shape index (κ3) is 3.86. The minimum absolute atomic E-state index is 0.447. The number of aromatic nitrogens is 2. The van der Waals surface area contributed by atoms with Crippen LogP contribution in [0.5, 0.6) is 0 Å². The van der Waals surface area contributed by atoms with Gasteiger partial charge in [-0.2, -0.15) is 5.10 Å². The smallest absolute Gasteiger partial charge is 0.0850 e. The molecule has 2 rings (SSSR count). The maximum Gasteiger partial charge on any atom is 0.0850 e. The molecular formula is C17H23ClN2O. The first-order chi connectivity index (χ1) is 10.0. The van der Waals surface area contributed by atoms with Crippen molar-refractivity contribution in [1.82, 2.24) is 9.78 Å². The highest BCUT2D eigenvalue weighted by Gasteiger charge is 2.17. The van der Waals surface area contributed by atoms with Crippen LogP contribution >= 0.6 is 11.6 Å². The molecule has 1 N–H and O–H groups in total. The highest BCUT2D eigenvalue weighted by Crippen LogP contribution is 2.23. The van der Waals surface area contributed by atoms with E-state index in [1.807, 2.05) is 18.5 Å². The molecule has 0 aliphatic heterocycles. The van der Waals surface area contributed by atoms with E-state index in [9.17, 15) is 5.11 Å². The normalized spacial score (nSPS) is 12.6. The van der Waals surface area contributed by atoms with E-state index in [2.05, 4.69) is 36.3 Å². The van der Waals surface area contributed by atoms with Gasteiger partial charge in [0, 0.05) is 13.0 Å². The quantitative estimate of drug-likeness (QED) is 0.886. The second-order valence-electron chi connectivity index (χ2n) is 5.42. The third-order valence-electron chi connectivity index (χ3n) is 3.72. The molecule has 0 spiro atoms. The number of aliphatic hydroxyl groups is 1. The molecule has 1 aromatic carbocycles. The van der Waals surface area contributed by atoms with E-state index >= 15 is 0 Å². The third-order valence-corrected chi connectivity index (χ3v) is 4.15. The lowest BCUT2D eigenvalue weighted by molar-refractivity contribution is 0.172. The molecule has 1 atom stereocenters. The number of benzene rings is 1. The van der Waals surface area contributed by atoms with Crippen LogP contribution in [0.15, 0.2) is 24.3 Å². The summed E-state index contributed by atoms with van der Waals surface area (Å²) in [5, 5.41) is 15.6. The van der Waals surface area contributed by atoms with Crippen molar-refractivity contribution >= 4 is 11.6 Å². The Balaban J connectivity index is 2.10. The van der Waals surface area contributed by atoms with Crippen LogP contribution in [-0.2, 0) is 25.8 Å². The van der Waals surface area contributed by atoms with Gasteiger partial charge in [-0.1, -0.05) is 48.4 Å². The standard InChI is InChI=1S/C17H23ClN2O/c1-4-15-17(18)16(20(5-2)19-15)11-14(21)10-13-8-6-12(3)7-9-13/h6-9,14,21H,4-5,10-11H2,1-3H3. The second kappa shape index (κ2) is 7.10. The summed E-state index contributed by atoms with van der Waals surface area (Å²) < 4.78 is 1.90. The predicted molar refractivity (Wildman–Crippen MR) is 86.9 cm³/mol. The van der Waals surface area contributed by atoms with E-state index in [1.54, 1.807) is 0 Å². The van der Waals surface area contributed by atoms with Gasteiger partial charge in [0.2, 0.25) is 0 Å². The van der Waals surface area contributed by atoms with Gasteiger partial charge in [-0.05, 0) is 32.3 Å². The van der Waals surface area contributed by atoms with E-state index < -0.39 is 6.10 Å². The monoisotopic (exact) mass is 306 g/mol. The van der Waals surface area contributed by atoms with Crippen molar-refractivity contribution < 1.29 is 5.11 Å². The maximum absolute atomic E-state index is 10.4. The minimum atomic E-state index is -0.447. The van der Waals surface area contributed by atoms with Crippen molar-refractivity contribution in [1.29, 1.82) is 0 Å². The lowest BCUT2D eigenvalue weighted by atomic mass is 10.0. The van der Waals surface area contributed by atoms with Gasteiger partial charge in [-0.15, -0.1) is 0 Å². The van der Waals surface area contributed by atoms with Crippen LogP contribution in [0.1, 0.15) is 36.4 Å². The Morgan fingerprint density at radius 1 is 1.19 bits per heavy atom. The second-order valence-corrected chi connectivity index (χ2v) is 5.80. The summed E-state index contributed by atoms with van der Waals surface area (Å²) in [5.74, 6) is 0. The largest absolute Gasteiger partial charge is 0.392 e. The van der Waals surface area contributed by atoms with Crippen LogP contribution in [0.3, 0.4) is 0 Å². The first-order valence-electron chi connectivity index (χ1n) is 7.52. The Morgan fingerprint density at radius 2 is 1.86 bits per heavy atom. The van der Waals surface area contributed by atoms with Gasteiger partial charge in [0.25, 0.3) is 0 Å². The number of hydrogen-bond acceptors (Lipinski definition) is 2. The van der Waals surface area contributed by atoms with Gasteiger partial charge in [0.05, 0.1) is 22.5 Å². The van der Waals surface area contributed by atoms with Crippen LogP contribution in [0.25, 0.3) is 0 Å². The molecular weight excluding hydrogens is 284 g/mol. The van der Waals surface area contributed by atoms with Gasteiger partial charge in [0.1, 0.15) is 0 Å². The summed E-state index contributed by atoms with van der Waals surface area (Å²) in [6, 6.07) is 8.27. The molecule has 0 bridgehead atoms. The molecule has 1 aromatic heterocycles. The van der Waals surface area contributed by atoms with Crippen molar-refractivity contribution in [2.45, 2.75) is 52.7 Å². The number of rotatable bonds is 6. The van der Waals surface area contributed by atoms with E-state index in [4.69, 9.17) is 11.6 Å². The number of halogens is 1. The number of hydrogen-bond donors (Lipinski definition) is 1. The summed E-state index contributed by atoms with van der Waals surface area (Å²) in [5.41, 5.74) is 4.22. The molecule has 0 aliphatic carbocycles. The SMILES string of the molecule is CCc1nn(CC)c(CC(O)Cc2ccc(C)cc2)c1Cl. The molecule has 1 unspecified atom stereocenters. The molecule has 21 heavy (non-hydrogen) atoms. The van der Waals surface area contributed by atoms with E-state index in [1.165, 1.54) is 5.56 Å². The van der Waals surface area contributed by atoms with Crippen LogP contribution < -0.4 is 0 Å². The first-order valence-corrected chi connectivity index (χ1v) is 7.90. The van der Waals surface area contributed by atoms with Gasteiger partial charge >= 0.3 is 0 Å². The summed E-state index contributed by atoms with van der Waals surface area (Å²) in [4.78, 5) is 0. The van der Waals surface area contributed by atoms with Crippen molar-refractivity contribution in [3.05, 3.63) is 51.8 Å². The van der Waals surface area contributed by atoms with E-state index in [0.29, 0.717) is 17.9 Å². The Bertz CT molecular complexity index is 590. The van der Waals surface area contributed by atoms with Crippen LogP contribution in [0.2, 0.25) is 5.02 Å². The number of aliphatic hydroxyl groups excluding tert-OH is 1. The molecule has 2 aromatic rings. The van der Waals surface area contributed by atoms with Crippen molar-refractivity contribution in [2.75, 3.05) is 0 Å². The summed E-state index contributed by atoms with van der Waals surface area (Å²) in [6.45, 7) is 6.91. The maximum atomic E-state index is 10.4. The fraction of sp³-hybridized carbons (Fsp3) is 0.471.